The Bertz CT molecular complexity index is 584. The number of nitrogens with two attached hydrogens (primary N) is 1. The highest BCUT2D eigenvalue weighted by Gasteiger charge is 2.17. The second-order valence-corrected chi connectivity index (χ2v) is 6.16. The lowest BCUT2D eigenvalue weighted by Gasteiger charge is -2.19. The lowest BCUT2D eigenvalue weighted by Crippen LogP contribution is -2.20. The molecule has 6 nitrogen and oxygen atoms in total. The molecule has 0 aliphatic carbocycles. The van der Waals surface area contributed by atoms with Crippen LogP contribution in [-0.4, -0.2) is 25.5 Å². The number of aromatic carboxylic acids is 1. The van der Waals surface area contributed by atoms with Gasteiger partial charge in [-0.1, -0.05) is 20.3 Å². The van der Waals surface area contributed by atoms with E-state index >= 15 is 0 Å². The number of sulfonamides is 1. The van der Waals surface area contributed by atoms with Gasteiger partial charge in [-0.3, -0.25) is 0 Å². The van der Waals surface area contributed by atoms with Gasteiger partial charge >= 0.3 is 5.97 Å². The summed E-state index contributed by atoms with van der Waals surface area (Å²) in [5.74, 6) is -1.19. The molecule has 0 fully saturated rings. The topological polar surface area (TPSA) is 109 Å². The Kier molecular flexibility index (Phi) is 5.52. The Morgan fingerprint density at radius 1 is 1.40 bits per heavy atom. The molecule has 0 spiro atoms. The zero-order valence-corrected chi connectivity index (χ0v) is 12.4. The highest BCUT2D eigenvalue weighted by molar-refractivity contribution is 7.89. The highest BCUT2D eigenvalue weighted by atomic mass is 32.2. The fraction of sp³-hybridized carbons (Fsp3) is 0.462. The largest absolute Gasteiger partial charge is 0.478 e. The average Bonchev–Trinajstić information content (AvgIpc) is 2.36. The fourth-order valence-corrected chi connectivity index (χ4v) is 2.49. The first-order chi connectivity index (χ1) is 9.29. The molecule has 1 unspecified atom stereocenters. The zero-order valence-electron chi connectivity index (χ0n) is 11.6. The van der Waals surface area contributed by atoms with Crippen LogP contribution < -0.4 is 10.5 Å². The van der Waals surface area contributed by atoms with E-state index in [1.807, 2.05) is 13.8 Å². The third kappa shape index (κ3) is 4.21. The minimum Gasteiger partial charge on any atom is -0.478 e. The van der Waals surface area contributed by atoms with Gasteiger partial charge in [-0.15, -0.1) is 0 Å². The normalized spacial score (nSPS) is 12.9. The van der Waals surface area contributed by atoms with E-state index in [0.29, 0.717) is 5.69 Å². The molecule has 4 N–H and O–H groups in total. The summed E-state index contributed by atoms with van der Waals surface area (Å²) in [6.45, 7) is 4.05. The van der Waals surface area contributed by atoms with E-state index in [0.717, 1.165) is 25.3 Å². The maximum atomic E-state index is 11.3. The summed E-state index contributed by atoms with van der Waals surface area (Å²) in [7, 11) is -3.91. The average molecular weight is 300 g/mol. The van der Waals surface area contributed by atoms with Gasteiger partial charge in [0.25, 0.3) is 0 Å². The number of benzene rings is 1. The lowest BCUT2D eigenvalue weighted by molar-refractivity contribution is 0.0697. The molecule has 0 radical (unpaired) electrons. The van der Waals surface area contributed by atoms with Crippen molar-refractivity contribution in [3.05, 3.63) is 23.8 Å². The van der Waals surface area contributed by atoms with Crippen molar-refractivity contribution in [1.29, 1.82) is 0 Å². The van der Waals surface area contributed by atoms with Crippen LogP contribution in [0.25, 0.3) is 0 Å². The van der Waals surface area contributed by atoms with Crippen molar-refractivity contribution in [1.82, 2.24) is 0 Å². The first kappa shape index (κ1) is 16.5. The molecule has 7 heteroatoms. The van der Waals surface area contributed by atoms with Crippen molar-refractivity contribution in [3.8, 4) is 0 Å². The predicted molar refractivity (Wildman–Crippen MR) is 77.4 cm³/mol. The smallest absolute Gasteiger partial charge is 0.337 e. The van der Waals surface area contributed by atoms with Gasteiger partial charge in [-0.2, -0.15) is 0 Å². The van der Waals surface area contributed by atoms with E-state index in [2.05, 4.69) is 5.32 Å². The highest BCUT2D eigenvalue weighted by Crippen LogP contribution is 2.22. The molecule has 112 valence electrons. The molecule has 1 rings (SSSR count). The van der Waals surface area contributed by atoms with Crippen LogP contribution in [0.15, 0.2) is 23.1 Å². The summed E-state index contributed by atoms with van der Waals surface area (Å²) < 4.78 is 22.5. The molecular weight excluding hydrogens is 280 g/mol. The lowest BCUT2D eigenvalue weighted by atomic mass is 10.1. The van der Waals surface area contributed by atoms with Crippen molar-refractivity contribution >= 4 is 21.7 Å². The minimum absolute atomic E-state index is 0.0916. The molecule has 1 aromatic carbocycles. The first-order valence-electron chi connectivity index (χ1n) is 6.46. The fourth-order valence-electron chi connectivity index (χ4n) is 1.95. The summed E-state index contributed by atoms with van der Waals surface area (Å²) in [4.78, 5) is 11.0. The van der Waals surface area contributed by atoms with Gasteiger partial charge in [0.15, 0.2) is 0 Å². The number of nitrogens with one attached hydrogen (secondary N) is 1. The third-order valence-corrected chi connectivity index (χ3v) is 3.95. The van der Waals surface area contributed by atoms with Crippen molar-refractivity contribution in [2.45, 2.75) is 44.0 Å². The molecule has 0 aliphatic rings. The Balaban J connectivity index is 3.17. The summed E-state index contributed by atoms with van der Waals surface area (Å²) in [5, 5.41) is 17.3. The van der Waals surface area contributed by atoms with E-state index in [1.54, 1.807) is 0 Å². The molecule has 1 atom stereocenters. The second-order valence-electron chi connectivity index (χ2n) is 4.60. The van der Waals surface area contributed by atoms with Crippen LogP contribution in [0.5, 0.6) is 0 Å². The Hall–Kier alpha value is -1.60. The molecule has 0 saturated heterocycles. The van der Waals surface area contributed by atoms with Gasteiger partial charge in [0.2, 0.25) is 10.0 Å². The number of hydrogen-bond acceptors (Lipinski definition) is 4. The van der Waals surface area contributed by atoms with Crippen LogP contribution in [0, 0.1) is 0 Å². The Labute approximate surface area is 119 Å². The molecule has 0 aliphatic heterocycles. The number of anilines is 1. The Morgan fingerprint density at radius 2 is 2.05 bits per heavy atom. The zero-order chi connectivity index (χ0) is 15.3. The molecule has 0 bridgehead atoms. The number of hydrogen-bond donors (Lipinski definition) is 3. The van der Waals surface area contributed by atoms with Crippen LogP contribution in [-0.2, 0) is 10.0 Å². The van der Waals surface area contributed by atoms with Gasteiger partial charge < -0.3 is 10.4 Å². The van der Waals surface area contributed by atoms with Crippen LogP contribution in [0.1, 0.15) is 43.5 Å². The maximum absolute atomic E-state index is 11.3. The maximum Gasteiger partial charge on any atom is 0.337 e. The van der Waals surface area contributed by atoms with E-state index in [-0.39, 0.29) is 16.5 Å². The van der Waals surface area contributed by atoms with E-state index < -0.39 is 16.0 Å². The van der Waals surface area contributed by atoms with Gasteiger partial charge in [0, 0.05) is 11.7 Å². The predicted octanol–water partition coefficient (Wildman–Crippen LogP) is 2.02. The number of carboxylic acid groups (broad SMARTS) is 1. The van der Waals surface area contributed by atoms with E-state index in [9.17, 15) is 18.3 Å². The molecule has 20 heavy (non-hydrogen) atoms. The van der Waals surface area contributed by atoms with Crippen molar-refractivity contribution in [2.75, 3.05) is 5.32 Å². The number of carboxylic acids is 1. The number of carbonyl (C=O) groups is 1. The second kappa shape index (κ2) is 6.71. The van der Waals surface area contributed by atoms with Crippen molar-refractivity contribution in [3.63, 3.8) is 0 Å². The third-order valence-electron chi connectivity index (χ3n) is 3.04. The monoisotopic (exact) mass is 300 g/mol. The molecule has 0 heterocycles. The summed E-state index contributed by atoms with van der Waals surface area (Å²) in [6.07, 6.45) is 2.74. The van der Waals surface area contributed by atoms with Gasteiger partial charge in [0.1, 0.15) is 0 Å². The van der Waals surface area contributed by atoms with Crippen LogP contribution in [0.2, 0.25) is 0 Å². The molecule has 1 aromatic rings. The molecular formula is C13H20N2O4S. The van der Waals surface area contributed by atoms with Crippen molar-refractivity contribution < 1.29 is 18.3 Å². The van der Waals surface area contributed by atoms with Crippen LogP contribution in [0.4, 0.5) is 5.69 Å². The van der Waals surface area contributed by atoms with Gasteiger partial charge in [0.05, 0.1) is 10.5 Å². The number of primary sulfonamides is 1. The first-order valence-corrected chi connectivity index (χ1v) is 8.00. The quantitative estimate of drug-likeness (QED) is 0.713. The summed E-state index contributed by atoms with van der Waals surface area (Å²) in [5.41, 5.74) is 0.316. The van der Waals surface area contributed by atoms with E-state index in [4.69, 9.17) is 5.14 Å². The van der Waals surface area contributed by atoms with Crippen molar-refractivity contribution in [2.24, 2.45) is 5.14 Å². The van der Waals surface area contributed by atoms with Gasteiger partial charge in [-0.05, 0) is 31.0 Å². The molecule has 0 aromatic heterocycles. The summed E-state index contributed by atoms with van der Waals surface area (Å²) in [6, 6.07) is 3.99. The minimum atomic E-state index is -3.91. The van der Waals surface area contributed by atoms with Gasteiger partial charge in [-0.25, -0.2) is 18.4 Å². The molecule has 0 amide bonds. The van der Waals surface area contributed by atoms with Crippen LogP contribution in [0.3, 0.4) is 0 Å². The standard InChI is InChI=1S/C13H20N2O4S/c1-3-5-9(4-2)15-12-7-6-10(20(14,18)19)8-11(12)13(16)17/h6-9,15H,3-5H2,1-2H3,(H,16,17)(H2,14,18,19). The summed E-state index contributed by atoms with van der Waals surface area (Å²) >= 11 is 0. The van der Waals surface area contributed by atoms with Crippen LogP contribution >= 0.6 is 0 Å². The SMILES string of the molecule is CCCC(CC)Nc1ccc(S(N)(=O)=O)cc1C(=O)O. The van der Waals surface area contributed by atoms with E-state index in [1.165, 1.54) is 12.1 Å². The Morgan fingerprint density at radius 3 is 2.50 bits per heavy atom. The number of rotatable bonds is 7. The molecule has 0 saturated carbocycles.